The van der Waals surface area contributed by atoms with E-state index in [9.17, 15) is 22.8 Å². The monoisotopic (exact) mass is 568 g/mol. The molecule has 216 valence electrons. The Morgan fingerprint density at radius 2 is 1.85 bits per heavy atom. The zero-order valence-electron chi connectivity index (χ0n) is 22.8. The van der Waals surface area contributed by atoms with Gasteiger partial charge in [-0.2, -0.15) is 13.2 Å². The summed E-state index contributed by atoms with van der Waals surface area (Å²) in [5.41, 5.74) is 0.227. The second-order valence-corrected chi connectivity index (χ2v) is 11.0. The van der Waals surface area contributed by atoms with E-state index in [0.717, 1.165) is 41.1 Å². The number of imidazole rings is 1. The molecule has 4 aromatic rings. The van der Waals surface area contributed by atoms with E-state index in [0.29, 0.717) is 43.1 Å². The van der Waals surface area contributed by atoms with Gasteiger partial charge in [0.05, 0.1) is 23.9 Å². The van der Waals surface area contributed by atoms with Gasteiger partial charge in [-0.1, -0.05) is 18.6 Å². The largest absolute Gasteiger partial charge is 0.453 e. The van der Waals surface area contributed by atoms with Gasteiger partial charge in [-0.25, -0.2) is 9.59 Å². The number of halogens is 3. The molecule has 1 atom stereocenters. The summed E-state index contributed by atoms with van der Waals surface area (Å²) in [6.45, 7) is 0.736. The molecule has 1 aliphatic carbocycles. The summed E-state index contributed by atoms with van der Waals surface area (Å²) in [5, 5.41) is 8.40. The molecule has 1 saturated carbocycles. The number of amides is 1. The molecular weight excluding hydrogens is 537 g/mol. The molecule has 4 heterocycles. The van der Waals surface area contributed by atoms with Gasteiger partial charge < -0.3 is 14.2 Å². The molecule has 41 heavy (non-hydrogen) atoms. The molecule has 9 nitrogen and oxygen atoms in total. The van der Waals surface area contributed by atoms with Gasteiger partial charge in [0.15, 0.2) is 0 Å². The maximum absolute atomic E-state index is 14.3. The van der Waals surface area contributed by atoms with Crippen LogP contribution in [-0.4, -0.2) is 54.9 Å². The Kier molecular flexibility index (Phi) is 6.87. The molecule has 2 aliphatic rings. The Balaban J connectivity index is 1.41. The number of fused-ring (bicyclic) bond motifs is 1. The van der Waals surface area contributed by atoms with Gasteiger partial charge in [-0.05, 0) is 66.8 Å². The number of nitrogens with zero attached hydrogens (tertiary/aromatic N) is 6. The molecule has 0 bridgehead atoms. The molecule has 0 spiro atoms. The summed E-state index contributed by atoms with van der Waals surface area (Å²) in [7, 11) is 3.19. The Morgan fingerprint density at radius 3 is 2.46 bits per heavy atom. The molecule has 12 heteroatoms. The number of benzene rings is 1. The van der Waals surface area contributed by atoms with E-state index in [1.54, 1.807) is 12.4 Å². The fraction of sp³-hybridized carbons (Fsp3) is 0.448. The molecule has 1 aliphatic heterocycles. The average molecular weight is 569 g/mol. The fourth-order valence-electron chi connectivity index (χ4n) is 6.22. The lowest BCUT2D eigenvalue weighted by molar-refractivity contribution is -0.136. The second-order valence-electron chi connectivity index (χ2n) is 11.0. The number of hydrogen-bond donors (Lipinski definition) is 0. The predicted octanol–water partition coefficient (Wildman–Crippen LogP) is 5.12. The first-order chi connectivity index (χ1) is 19.7. The summed E-state index contributed by atoms with van der Waals surface area (Å²) in [5.74, 6) is 0.943. The van der Waals surface area contributed by atoms with Crippen molar-refractivity contribution in [3.05, 3.63) is 82.1 Å². The van der Waals surface area contributed by atoms with Gasteiger partial charge in [0.2, 0.25) is 0 Å². The number of aromatic nitrogens is 5. The maximum Gasteiger partial charge on any atom is 0.418 e. The SMILES string of the molecule is COC(=O)N1CCC(c2cc(C(F)(F)F)c3cn(-c4cccc([C@H](c5nncn5C)C5CCC5)c4)c(=O)n3c2)CC1. The third kappa shape index (κ3) is 4.89. The zero-order chi connectivity index (χ0) is 28.9. The fourth-order valence-corrected chi connectivity index (χ4v) is 6.22. The van der Waals surface area contributed by atoms with Crippen LogP contribution in [0, 0.1) is 5.92 Å². The van der Waals surface area contributed by atoms with Gasteiger partial charge in [0, 0.05) is 38.4 Å². The molecule has 1 aromatic carbocycles. The van der Waals surface area contributed by atoms with Crippen molar-refractivity contribution < 1.29 is 22.7 Å². The normalized spacial score (nSPS) is 17.5. The number of alkyl halides is 3. The lowest BCUT2D eigenvalue weighted by atomic mass is 9.72. The van der Waals surface area contributed by atoms with Crippen LogP contribution in [0.3, 0.4) is 0 Å². The maximum atomic E-state index is 14.3. The van der Waals surface area contributed by atoms with E-state index in [1.165, 1.54) is 29.0 Å². The minimum absolute atomic E-state index is 0.0304. The summed E-state index contributed by atoms with van der Waals surface area (Å²) in [6.07, 6.45) is 3.51. The molecule has 1 amide bonds. The van der Waals surface area contributed by atoms with Gasteiger partial charge >= 0.3 is 18.0 Å². The first-order valence-electron chi connectivity index (χ1n) is 13.8. The highest BCUT2D eigenvalue weighted by molar-refractivity contribution is 5.67. The molecule has 1 saturated heterocycles. The van der Waals surface area contributed by atoms with Crippen molar-refractivity contribution in [1.29, 1.82) is 0 Å². The lowest BCUT2D eigenvalue weighted by Gasteiger charge is -2.33. The number of aryl methyl sites for hydroxylation is 1. The van der Waals surface area contributed by atoms with Crippen LogP contribution < -0.4 is 5.69 Å². The first-order valence-corrected chi connectivity index (χ1v) is 13.8. The summed E-state index contributed by atoms with van der Waals surface area (Å²) in [4.78, 5) is 27.0. The number of carbonyl (C=O) groups excluding carboxylic acids is 1. The highest BCUT2D eigenvalue weighted by Gasteiger charge is 2.36. The highest BCUT2D eigenvalue weighted by Crippen LogP contribution is 2.43. The van der Waals surface area contributed by atoms with Crippen LogP contribution in [0.4, 0.5) is 18.0 Å². The number of carbonyl (C=O) groups is 1. The quantitative estimate of drug-likeness (QED) is 0.334. The van der Waals surface area contributed by atoms with Crippen LogP contribution in [0.1, 0.15) is 66.5 Å². The van der Waals surface area contributed by atoms with Crippen molar-refractivity contribution in [2.24, 2.45) is 13.0 Å². The summed E-state index contributed by atoms with van der Waals surface area (Å²) >= 11 is 0. The van der Waals surface area contributed by atoms with Gasteiger partial charge in [-0.15, -0.1) is 10.2 Å². The van der Waals surface area contributed by atoms with Gasteiger partial charge in [0.25, 0.3) is 0 Å². The van der Waals surface area contributed by atoms with Crippen LogP contribution >= 0.6 is 0 Å². The third-order valence-electron chi connectivity index (χ3n) is 8.65. The molecule has 0 N–H and O–H groups in total. The van der Waals surface area contributed by atoms with E-state index in [2.05, 4.69) is 10.2 Å². The van der Waals surface area contributed by atoms with E-state index in [-0.39, 0.29) is 17.4 Å². The van der Waals surface area contributed by atoms with Crippen molar-refractivity contribution >= 4 is 11.6 Å². The van der Waals surface area contributed by atoms with Crippen LogP contribution in [0.5, 0.6) is 0 Å². The minimum Gasteiger partial charge on any atom is -0.453 e. The van der Waals surface area contributed by atoms with E-state index < -0.39 is 23.5 Å². The van der Waals surface area contributed by atoms with Crippen molar-refractivity contribution in [2.75, 3.05) is 20.2 Å². The summed E-state index contributed by atoms with van der Waals surface area (Å²) in [6, 6.07) is 8.55. The number of pyridine rings is 1. The average Bonchev–Trinajstić information content (AvgIpc) is 3.51. The number of piperidine rings is 1. The lowest BCUT2D eigenvalue weighted by Crippen LogP contribution is -2.37. The Morgan fingerprint density at radius 1 is 1.10 bits per heavy atom. The third-order valence-corrected chi connectivity index (χ3v) is 8.65. The molecular formula is C29H31F3N6O3. The first kappa shape index (κ1) is 27.1. The van der Waals surface area contributed by atoms with Crippen molar-refractivity contribution in [1.82, 2.24) is 28.6 Å². The standard InChI is InChI=1S/C29H31F3N6O3/c1-35-17-33-34-26(35)25(19-5-3-6-19)20-7-4-8-22(13-20)37-16-24-23(29(30,31)32)14-21(15-38(24)27(37)39)18-9-11-36(12-10-18)28(40)41-2/h4,7-8,13-19,25H,3,5-6,9-12H2,1-2H3/t25-/m1/s1. The van der Waals surface area contributed by atoms with Gasteiger partial charge in [0.1, 0.15) is 12.2 Å². The number of methoxy groups -OCH3 is 1. The Labute approximate surface area is 234 Å². The number of rotatable bonds is 5. The molecule has 3 aromatic heterocycles. The number of likely N-dealkylation sites (tertiary alicyclic amines) is 1. The van der Waals surface area contributed by atoms with Crippen LogP contribution in [-0.2, 0) is 18.0 Å². The molecule has 6 rings (SSSR count). The van der Waals surface area contributed by atoms with Gasteiger partial charge in [-0.3, -0.25) is 8.97 Å². The number of ether oxygens (including phenoxy) is 1. The van der Waals surface area contributed by atoms with Crippen molar-refractivity contribution in [3.8, 4) is 5.69 Å². The van der Waals surface area contributed by atoms with Crippen LogP contribution in [0.2, 0.25) is 0 Å². The van der Waals surface area contributed by atoms with E-state index >= 15 is 0 Å². The number of hydrogen-bond acceptors (Lipinski definition) is 5. The summed E-state index contributed by atoms with van der Waals surface area (Å²) < 4.78 is 52.0. The van der Waals surface area contributed by atoms with Crippen molar-refractivity contribution in [2.45, 2.75) is 50.1 Å². The Bertz CT molecular complexity index is 1640. The molecule has 0 radical (unpaired) electrons. The molecule has 2 fully saturated rings. The Hall–Kier alpha value is -4.09. The topological polar surface area (TPSA) is 86.7 Å². The zero-order valence-corrected chi connectivity index (χ0v) is 22.8. The minimum atomic E-state index is -4.66. The van der Waals surface area contributed by atoms with E-state index in [4.69, 9.17) is 4.74 Å². The second kappa shape index (κ2) is 10.4. The highest BCUT2D eigenvalue weighted by atomic mass is 19.4. The smallest absolute Gasteiger partial charge is 0.418 e. The molecule has 0 unspecified atom stereocenters. The van der Waals surface area contributed by atoms with Crippen LogP contribution in [0.25, 0.3) is 11.2 Å². The van der Waals surface area contributed by atoms with Crippen molar-refractivity contribution in [3.63, 3.8) is 0 Å². The van der Waals surface area contributed by atoms with Crippen LogP contribution in [0.15, 0.2) is 53.8 Å². The predicted molar refractivity (Wildman–Crippen MR) is 144 cm³/mol. The van der Waals surface area contributed by atoms with E-state index in [1.807, 2.05) is 29.8 Å².